The summed E-state index contributed by atoms with van der Waals surface area (Å²) in [4.78, 5) is 14.1. The van der Waals surface area contributed by atoms with E-state index in [-0.39, 0.29) is 11.7 Å². The highest BCUT2D eigenvalue weighted by atomic mass is 35.5. The number of hydrogen-bond donors (Lipinski definition) is 2. The third-order valence-corrected chi connectivity index (χ3v) is 4.58. The van der Waals surface area contributed by atoms with Crippen LogP contribution in [0.3, 0.4) is 0 Å². The number of aromatic hydroxyl groups is 1. The topological polar surface area (TPSA) is 75.8 Å². The number of nitrogens with two attached hydrogens (primary N) is 1. The van der Waals surface area contributed by atoms with Crippen molar-refractivity contribution in [2.24, 2.45) is 5.73 Å². The van der Waals surface area contributed by atoms with Crippen LogP contribution in [0.1, 0.15) is 18.9 Å². The molecule has 0 saturated carbocycles. The van der Waals surface area contributed by atoms with Crippen LogP contribution in [0.25, 0.3) is 11.1 Å². The molecule has 5 nitrogen and oxygen atoms in total. The number of benzene rings is 2. The smallest absolute Gasteiger partial charge is 0.239 e. The highest BCUT2D eigenvalue weighted by Crippen LogP contribution is 2.38. The number of carbonyl (C=O) groups excluding carboxylic acids is 1. The van der Waals surface area contributed by atoms with Crippen LogP contribution in [-0.2, 0) is 11.3 Å². The van der Waals surface area contributed by atoms with E-state index in [0.717, 1.165) is 16.7 Å². The van der Waals surface area contributed by atoms with E-state index in [4.69, 9.17) is 22.1 Å². The molecule has 1 heterocycles. The van der Waals surface area contributed by atoms with Gasteiger partial charge in [0.2, 0.25) is 5.91 Å². The molecule has 0 fully saturated rings. The largest absolute Gasteiger partial charge is 0.504 e. The van der Waals surface area contributed by atoms with Crippen molar-refractivity contribution in [2.75, 3.05) is 13.2 Å². The number of ether oxygens (including phenoxy) is 1. The second-order valence-electron chi connectivity index (χ2n) is 6.12. The van der Waals surface area contributed by atoms with Crippen molar-refractivity contribution in [1.29, 1.82) is 0 Å². The third kappa shape index (κ3) is 3.72. The van der Waals surface area contributed by atoms with Gasteiger partial charge in [-0.05, 0) is 41.8 Å². The summed E-state index contributed by atoms with van der Waals surface area (Å²) >= 11 is 6.07. The number of phenols is 1. The van der Waals surface area contributed by atoms with Gasteiger partial charge >= 0.3 is 0 Å². The first kappa shape index (κ1) is 17.6. The normalized spacial score (nSPS) is 15.1. The Morgan fingerprint density at radius 1 is 1.36 bits per heavy atom. The average molecular weight is 361 g/mol. The summed E-state index contributed by atoms with van der Waals surface area (Å²) < 4.78 is 5.68. The zero-order valence-corrected chi connectivity index (χ0v) is 14.8. The molecule has 132 valence electrons. The van der Waals surface area contributed by atoms with E-state index in [1.54, 1.807) is 17.0 Å². The van der Waals surface area contributed by atoms with Crippen molar-refractivity contribution >= 4 is 17.5 Å². The first-order valence-electron chi connectivity index (χ1n) is 8.28. The van der Waals surface area contributed by atoms with Crippen molar-refractivity contribution in [3.05, 3.63) is 47.0 Å². The van der Waals surface area contributed by atoms with E-state index in [9.17, 15) is 9.90 Å². The lowest BCUT2D eigenvalue weighted by molar-refractivity contribution is -0.133. The van der Waals surface area contributed by atoms with Gasteiger partial charge in [-0.25, -0.2) is 0 Å². The molecular formula is C19H21ClN2O3. The van der Waals surface area contributed by atoms with Gasteiger partial charge < -0.3 is 20.5 Å². The minimum Gasteiger partial charge on any atom is -0.504 e. The maximum Gasteiger partial charge on any atom is 0.239 e. The van der Waals surface area contributed by atoms with Gasteiger partial charge in [0, 0.05) is 17.1 Å². The van der Waals surface area contributed by atoms with Crippen molar-refractivity contribution in [3.8, 4) is 22.6 Å². The van der Waals surface area contributed by atoms with Gasteiger partial charge in [0.05, 0.1) is 12.6 Å². The molecule has 1 aliphatic heterocycles. The molecule has 0 aromatic heterocycles. The lowest BCUT2D eigenvalue weighted by Gasteiger charge is -2.23. The number of fused-ring (bicyclic) bond motifs is 1. The van der Waals surface area contributed by atoms with Crippen LogP contribution in [0, 0.1) is 0 Å². The molecule has 3 rings (SSSR count). The number of amides is 1. The van der Waals surface area contributed by atoms with E-state index in [2.05, 4.69) is 0 Å². The second-order valence-corrected chi connectivity index (χ2v) is 6.55. The van der Waals surface area contributed by atoms with Gasteiger partial charge in [0.25, 0.3) is 0 Å². The summed E-state index contributed by atoms with van der Waals surface area (Å²) in [6.07, 6.45) is 0.580. The molecule has 2 aromatic carbocycles. The Morgan fingerprint density at radius 2 is 2.16 bits per heavy atom. The van der Waals surface area contributed by atoms with E-state index in [1.165, 1.54) is 0 Å². The minimum absolute atomic E-state index is 0.0570. The Morgan fingerprint density at radius 3 is 2.88 bits per heavy atom. The fourth-order valence-electron chi connectivity index (χ4n) is 2.93. The molecule has 1 atom stereocenters. The maximum absolute atomic E-state index is 12.4. The summed E-state index contributed by atoms with van der Waals surface area (Å²) in [5.74, 6) is 0.374. The Hall–Kier alpha value is -2.24. The summed E-state index contributed by atoms with van der Waals surface area (Å²) in [6, 6.07) is 10.4. The summed E-state index contributed by atoms with van der Waals surface area (Å²) in [5.41, 5.74) is 8.35. The number of halogens is 1. The predicted octanol–water partition coefficient (Wildman–Crippen LogP) is 3.17. The van der Waals surface area contributed by atoms with E-state index < -0.39 is 6.04 Å². The Balaban J connectivity index is 1.98. The summed E-state index contributed by atoms with van der Waals surface area (Å²) in [7, 11) is 0. The van der Waals surface area contributed by atoms with Crippen LogP contribution >= 0.6 is 11.6 Å². The number of hydrogen-bond acceptors (Lipinski definition) is 4. The van der Waals surface area contributed by atoms with Crippen LogP contribution < -0.4 is 10.5 Å². The van der Waals surface area contributed by atoms with Gasteiger partial charge in [0.15, 0.2) is 11.5 Å². The Labute approximate surface area is 152 Å². The zero-order chi connectivity index (χ0) is 18.0. The number of nitrogens with zero attached hydrogens (tertiary/aromatic N) is 1. The van der Waals surface area contributed by atoms with Crippen molar-refractivity contribution in [3.63, 3.8) is 0 Å². The molecule has 6 heteroatoms. The fraction of sp³-hybridized carbons (Fsp3) is 0.316. The van der Waals surface area contributed by atoms with Crippen LogP contribution in [0.2, 0.25) is 5.02 Å². The Kier molecular flexibility index (Phi) is 5.16. The summed E-state index contributed by atoms with van der Waals surface area (Å²) in [6.45, 7) is 2.99. The number of rotatable bonds is 3. The SMILES string of the molecule is CC[C@H](N)C(=O)N1CCOc2c(O)cc(-c3cccc(Cl)c3)cc2C1. The van der Waals surface area contributed by atoms with Gasteiger partial charge in [0.1, 0.15) is 6.61 Å². The summed E-state index contributed by atoms with van der Waals surface area (Å²) in [5, 5.41) is 11.0. The second kappa shape index (κ2) is 7.33. The lowest BCUT2D eigenvalue weighted by atomic mass is 10.0. The maximum atomic E-state index is 12.4. The standard InChI is InChI=1S/C19H21ClN2O3/c1-2-16(21)19(24)22-6-7-25-18-14(11-22)8-13(10-17(18)23)12-4-3-5-15(20)9-12/h3-5,8-10,16,23H,2,6-7,11,21H2,1H3/t16-/m0/s1. The average Bonchev–Trinajstić information content (AvgIpc) is 2.83. The highest BCUT2D eigenvalue weighted by Gasteiger charge is 2.25. The lowest BCUT2D eigenvalue weighted by Crippen LogP contribution is -2.43. The van der Waals surface area contributed by atoms with Gasteiger partial charge in [-0.15, -0.1) is 0 Å². The molecule has 1 aliphatic rings. The molecule has 1 amide bonds. The molecule has 0 unspecified atom stereocenters. The van der Waals surface area contributed by atoms with Crippen molar-refractivity contribution in [2.45, 2.75) is 25.9 Å². The molecule has 0 bridgehead atoms. The van der Waals surface area contributed by atoms with Crippen LogP contribution in [-0.4, -0.2) is 35.1 Å². The van der Waals surface area contributed by atoms with Crippen LogP contribution in [0.5, 0.6) is 11.5 Å². The molecule has 0 spiro atoms. The monoisotopic (exact) mass is 360 g/mol. The predicted molar refractivity (Wildman–Crippen MR) is 97.7 cm³/mol. The van der Waals surface area contributed by atoms with Gasteiger partial charge in [-0.3, -0.25) is 4.79 Å². The zero-order valence-electron chi connectivity index (χ0n) is 14.0. The van der Waals surface area contributed by atoms with Gasteiger partial charge in [-0.1, -0.05) is 30.7 Å². The molecular weight excluding hydrogens is 340 g/mol. The number of phenolic OH excluding ortho intramolecular Hbond substituents is 1. The van der Waals surface area contributed by atoms with Crippen LogP contribution in [0.15, 0.2) is 36.4 Å². The third-order valence-electron chi connectivity index (χ3n) is 4.34. The fourth-order valence-corrected chi connectivity index (χ4v) is 3.12. The van der Waals surface area contributed by atoms with Gasteiger partial charge in [-0.2, -0.15) is 0 Å². The quantitative estimate of drug-likeness (QED) is 0.881. The Bertz CT molecular complexity index is 794. The minimum atomic E-state index is -0.522. The van der Waals surface area contributed by atoms with Crippen LogP contribution in [0.4, 0.5) is 0 Å². The first-order valence-corrected chi connectivity index (χ1v) is 8.66. The van der Waals surface area contributed by atoms with E-state index in [1.807, 2.05) is 31.2 Å². The number of carbonyl (C=O) groups is 1. The molecule has 0 saturated heterocycles. The van der Waals surface area contributed by atoms with E-state index in [0.29, 0.717) is 36.9 Å². The molecule has 0 radical (unpaired) electrons. The molecule has 25 heavy (non-hydrogen) atoms. The van der Waals surface area contributed by atoms with Crippen molar-refractivity contribution < 1.29 is 14.6 Å². The molecule has 0 aliphatic carbocycles. The van der Waals surface area contributed by atoms with E-state index >= 15 is 0 Å². The highest BCUT2D eigenvalue weighted by molar-refractivity contribution is 6.30. The molecule has 3 N–H and O–H groups in total. The van der Waals surface area contributed by atoms with Crippen molar-refractivity contribution in [1.82, 2.24) is 4.90 Å². The molecule has 2 aromatic rings. The first-order chi connectivity index (χ1) is 12.0.